The molecular weight excluding hydrogens is 330 g/mol. The second kappa shape index (κ2) is 8.20. The molecule has 0 aliphatic heterocycles. The van der Waals surface area contributed by atoms with E-state index >= 15 is 0 Å². The Kier molecular flexibility index (Phi) is 5.53. The highest BCUT2D eigenvalue weighted by Crippen LogP contribution is 2.30. The zero-order valence-electron chi connectivity index (χ0n) is 14.8. The highest BCUT2D eigenvalue weighted by atomic mass is 16.5. The molecule has 0 bridgehead atoms. The average molecular weight is 351 g/mol. The molecule has 0 saturated heterocycles. The molecule has 1 amide bonds. The molecule has 0 aliphatic rings. The first kappa shape index (κ1) is 17.5. The number of carbonyl (C=O) groups is 1. The molecule has 3 rings (SSSR count). The predicted octanol–water partition coefficient (Wildman–Crippen LogP) is 3.59. The van der Waals surface area contributed by atoms with Crippen LogP contribution < -0.4 is 14.8 Å². The van der Waals surface area contributed by atoms with Gasteiger partial charge in [-0.1, -0.05) is 30.3 Å². The topological polar surface area (TPSA) is 65.4 Å². The van der Waals surface area contributed by atoms with Gasteiger partial charge in [0.2, 0.25) is 0 Å². The molecule has 2 aromatic carbocycles. The lowest BCUT2D eigenvalue weighted by Crippen LogP contribution is -2.11. The van der Waals surface area contributed by atoms with Crippen LogP contribution in [0.15, 0.2) is 60.9 Å². The standard InChI is InChI=1S/C20H21N3O3/c1-3-26-18-10-9-17(11-19(18)25-2)22-20(24)16-12-21-23(14-16)13-15-7-5-4-6-8-15/h4-12,14H,3,13H2,1-2H3,(H,22,24). The lowest BCUT2D eigenvalue weighted by Gasteiger charge is -2.11. The molecule has 6 heteroatoms. The third kappa shape index (κ3) is 4.22. The molecule has 1 N–H and O–H groups in total. The van der Waals surface area contributed by atoms with Gasteiger partial charge in [-0.3, -0.25) is 9.48 Å². The van der Waals surface area contributed by atoms with Gasteiger partial charge in [-0.25, -0.2) is 0 Å². The molecule has 0 spiro atoms. The fourth-order valence-electron chi connectivity index (χ4n) is 2.56. The van der Waals surface area contributed by atoms with Crippen molar-refractivity contribution in [3.63, 3.8) is 0 Å². The average Bonchev–Trinajstić information content (AvgIpc) is 3.12. The first-order valence-electron chi connectivity index (χ1n) is 8.38. The second-order valence-corrected chi connectivity index (χ2v) is 5.66. The number of nitrogens with zero attached hydrogens (tertiary/aromatic N) is 2. The number of nitrogens with one attached hydrogen (secondary N) is 1. The number of carbonyl (C=O) groups excluding carboxylic acids is 1. The van der Waals surface area contributed by atoms with E-state index in [1.807, 2.05) is 37.3 Å². The van der Waals surface area contributed by atoms with Crippen LogP contribution in [0, 0.1) is 0 Å². The van der Waals surface area contributed by atoms with Gasteiger partial charge in [-0.15, -0.1) is 0 Å². The first-order valence-corrected chi connectivity index (χ1v) is 8.38. The molecule has 0 saturated carbocycles. The van der Waals surface area contributed by atoms with E-state index in [1.54, 1.807) is 42.4 Å². The molecule has 134 valence electrons. The van der Waals surface area contributed by atoms with Crippen molar-refractivity contribution in [1.82, 2.24) is 9.78 Å². The van der Waals surface area contributed by atoms with Crippen LogP contribution in [0.4, 0.5) is 5.69 Å². The van der Waals surface area contributed by atoms with E-state index in [-0.39, 0.29) is 5.91 Å². The smallest absolute Gasteiger partial charge is 0.258 e. The maximum absolute atomic E-state index is 12.5. The number of ether oxygens (including phenoxy) is 2. The maximum Gasteiger partial charge on any atom is 0.258 e. The van der Waals surface area contributed by atoms with Crippen LogP contribution in [0.3, 0.4) is 0 Å². The SMILES string of the molecule is CCOc1ccc(NC(=O)c2cnn(Cc3ccccc3)c2)cc1OC. The van der Waals surface area contributed by atoms with Crippen LogP contribution in [-0.2, 0) is 6.54 Å². The summed E-state index contributed by atoms with van der Waals surface area (Å²) in [5.74, 6) is 0.989. The van der Waals surface area contributed by atoms with Crippen molar-refractivity contribution in [2.24, 2.45) is 0 Å². The molecule has 0 radical (unpaired) electrons. The zero-order chi connectivity index (χ0) is 18.4. The molecule has 0 fully saturated rings. The van der Waals surface area contributed by atoms with E-state index in [1.165, 1.54) is 0 Å². The summed E-state index contributed by atoms with van der Waals surface area (Å²) < 4.78 is 12.5. The Balaban J connectivity index is 1.68. The number of methoxy groups -OCH3 is 1. The van der Waals surface area contributed by atoms with Gasteiger partial charge in [0.1, 0.15) is 0 Å². The Morgan fingerprint density at radius 2 is 1.96 bits per heavy atom. The van der Waals surface area contributed by atoms with Crippen molar-refractivity contribution in [1.29, 1.82) is 0 Å². The molecule has 0 atom stereocenters. The molecule has 6 nitrogen and oxygen atoms in total. The Hall–Kier alpha value is -3.28. The van der Waals surface area contributed by atoms with Crippen LogP contribution in [-0.4, -0.2) is 29.4 Å². The van der Waals surface area contributed by atoms with Crippen molar-refractivity contribution in [3.8, 4) is 11.5 Å². The minimum atomic E-state index is -0.226. The fourth-order valence-corrected chi connectivity index (χ4v) is 2.56. The van der Waals surface area contributed by atoms with Gasteiger partial charge < -0.3 is 14.8 Å². The zero-order valence-corrected chi connectivity index (χ0v) is 14.8. The predicted molar refractivity (Wildman–Crippen MR) is 99.9 cm³/mol. The summed E-state index contributed by atoms with van der Waals surface area (Å²) in [4.78, 5) is 12.5. The Morgan fingerprint density at radius 3 is 2.69 bits per heavy atom. The van der Waals surface area contributed by atoms with Crippen molar-refractivity contribution in [2.75, 3.05) is 19.0 Å². The molecule has 26 heavy (non-hydrogen) atoms. The highest BCUT2D eigenvalue weighted by molar-refractivity contribution is 6.04. The molecule has 1 aromatic heterocycles. The van der Waals surface area contributed by atoms with E-state index < -0.39 is 0 Å². The van der Waals surface area contributed by atoms with Gasteiger partial charge >= 0.3 is 0 Å². The molecule has 1 heterocycles. The summed E-state index contributed by atoms with van der Waals surface area (Å²) in [6.07, 6.45) is 3.29. The van der Waals surface area contributed by atoms with Crippen LogP contribution in [0.5, 0.6) is 11.5 Å². The Morgan fingerprint density at radius 1 is 1.15 bits per heavy atom. The number of aromatic nitrogens is 2. The third-order valence-electron chi connectivity index (χ3n) is 3.80. The lowest BCUT2D eigenvalue weighted by molar-refractivity contribution is 0.102. The van der Waals surface area contributed by atoms with Gasteiger partial charge in [0, 0.05) is 18.0 Å². The van der Waals surface area contributed by atoms with E-state index in [2.05, 4.69) is 10.4 Å². The van der Waals surface area contributed by atoms with Crippen molar-refractivity contribution < 1.29 is 14.3 Å². The van der Waals surface area contributed by atoms with Crippen molar-refractivity contribution in [2.45, 2.75) is 13.5 Å². The molecule has 3 aromatic rings. The third-order valence-corrected chi connectivity index (χ3v) is 3.80. The summed E-state index contributed by atoms with van der Waals surface area (Å²) in [5, 5.41) is 7.11. The number of amides is 1. The van der Waals surface area contributed by atoms with Crippen molar-refractivity contribution in [3.05, 3.63) is 72.1 Å². The Labute approximate surface area is 152 Å². The highest BCUT2D eigenvalue weighted by Gasteiger charge is 2.11. The summed E-state index contributed by atoms with van der Waals surface area (Å²) in [7, 11) is 1.57. The molecule has 0 unspecified atom stereocenters. The Bertz CT molecular complexity index is 875. The summed E-state index contributed by atoms with van der Waals surface area (Å²) in [6.45, 7) is 3.07. The number of rotatable bonds is 7. The number of hydrogen-bond acceptors (Lipinski definition) is 4. The van der Waals surface area contributed by atoms with E-state index in [4.69, 9.17) is 9.47 Å². The van der Waals surface area contributed by atoms with Gasteiger partial charge in [-0.05, 0) is 24.6 Å². The van der Waals surface area contributed by atoms with Crippen LogP contribution in [0.25, 0.3) is 0 Å². The van der Waals surface area contributed by atoms with E-state index in [0.717, 1.165) is 5.56 Å². The quantitative estimate of drug-likeness (QED) is 0.706. The van der Waals surface area contributed by atoms with Crippen LogP contribution >= 0.6 is 0 Å². The summed E-state index contributed by atoms with van der Waals surface area (Å²) in [5.41, 5.74) is 2.25. The van der Waals surface area contributed by atoms with Gasteiger partial charge in [0.05, 0.1) is 32.0 Å². The number of benzene rings is 2. The number of anilines is 1. The summed E-state index contributed by atoms with van der Waals surface area (Å²) >= 11 is 0. The largest absolute Gasteiger partial charge is 0.493 e. The van der Waals surface area contributed by atoms with Gasteiger partial charge in [-0.2, -0.15) is 5.10 Å². The normalized spacial score (nSPS) is 10.4. The number of hydrogen-bond donors (Lipinski definition) is 1. The van der Waals surface area contributed by atoms with Crippen LogP contribution in [0.1, 0.15) is 22.8 Å². The van der Waals surface area contributed by atoms with Gasteiger partial charge in [0.25, 0.3) is 5.91 Å². The molecular formula is C20H21N3O3. The van der Waals surface area contributed by atoms with E-state index in [9.17, 15) is 4.79 Å². The van der Waals surface area contributed by atoms with Crippen molar-refractivity contribution >= 4 is 11.6 Å². The van der Waals surface area contributed by atoms with Gasteiger partial charge in [0.15, 0.2) is 11.5 Å². The monoisotopic (exact) mass is 351 g/mol. The molecule has 0 aliphatic carbocycles. The maximum atomic E-state index is 12.5. The van der Waals surface area contributed by atoms with E-state index in [0.29, 0.717) is 35.9 Å². The lowest BCUT2D eigenvalue weighted by atomic mass is 10.2. The summed E-state index contributed by atoms with van der Waals surface area (Å²) in [6, 6.07) is 15.3. The fraction of sp³-hybridized carbons (Fsp3) is 0.200. The minimum absolute atomic E-state index is 0.226. The van der Waals surface area contributed by atoms with Crippen LogP contribution in [0.2, 0.25) is 0 Å². The first-order chi connectivity index (χ1) is 12.7. The minimum Gasteiger partial charge on any atom is -0.493 e. The second-order valence-electron chi connectivity index (χ2n) is 5.66.